The molecule has 0 aromatic heterocycles. The molecule has 0 N–H and O–H groups in total. The van der Waals surface area contributed by atoms with Crippen LogP contribution in [0.2, 0.25) is 0 Å². The Bertz CT molecular complexity index is 1900. The van der Waals surface area contributed by atoms with E-state index in [-0.39, 0.29) is 31.6 Å². The number of rotatable bonds is 56. The number of ether oxygens (including phenoxy) is 3. The van der Waals surface area contributed by atoms with Gasteiger partial charge < -0.3 is 14.2 Å². The molecule has 0 aliphatic heterocycles. The fourth-order valence-electron chi connectivity index (χ4n) is 8.19. The molecule has 81 heavy (non-hydrogen) atoms. The fraction of sp³-hybridized carbons (Fsp3) is 0.560. The van der Waals surface area contributed by atoms with Gasteiger partial charge in [0.2, 0.25) is 0 Å². The van der Waals surface area contributed by atoms with Crippen LogP contribution in [0.25, 0.3) is 0 Å². The molecule has 0 radical (unpaired) electrons. The van der Waals surface area contributed by atoms with Crippen LogP contribution in [-0.4, -0.2) is 37.2 Å². The maximum absolute atomic E-state index is 12.9. The molecule has 6 nitrogen and oxygen atoms in total. The van der Waals surface area contributed by atoms with Crippen molar-refractivity contribution in [1.82, 2.24) is 0 Å². The maximum Gasteiger partial charge on any atom is 0.306 e. The van der Waals surface area contributed by atoms with E-state index in [1.54, 1.807) is 0 Å². The van der Waals surface area contributed by atoms with E-state index in [9.17, 15) is 14.4 Å². The first-order chi connectivity index (χ1) is 40.0. The van der Waals surface area contributed by atoms with Crippen LogP contribution in [0.1, 0.15) is 252 Å². The minimum Gasteiger partial charge on any atom is -0.462 e. The highest BCUT2D eigenvalue weighted by atomic mass is 16.6. The Morgan fingerprint density at radius 3 is 0.741 bits per heavy atom. The molecule has 0 amide bonds. The standard InChI is InChI=1S/C75H116O6/c1-4-7-10-13-16-19-22-25-28-31-34-35-36-37-38-39-42-44-47-50-53-56-59-62-65-68-74(77)80-71-72(81-75(78)69-66-63-60-57-54-51-48-45-41-33-30-27-24-21-18-15-12-9-6-3)70-79-73(76)67-64-61-58-55-52-49-46-43-40-32-29-26-23-20-17-14-11-8-5-2/h7-12,16-21,25-30,34-35,37-38,40-41,43,45,51,54,60,63,72H,4-6,13-15,22-24,31-33,36,39,42,44,46-50,52-53,55-59,61-62,64-71H2,1-3H3/b10-7-,11-8-,12-9-,19-16-,20-17-,21-18-,28-25-,29-26-,30-27-,35-34-,38-37-,43-40-,45-41-,54-51-,63-60-. The van der Waals surface area contributed by atoms with Crippen LogP contribution in [0.3, 0.4) is 0 Å². The van der Waals surface area contributed by atoms with Gasteiger partial charge in [-0.3, -0.25) is 14.4 Å². The Labute approximate surface area is 497 Å². The third-order valence-electron chi connectivity index (χ3n) is 12.9. The summed E-state index contributed by atoms with van der Waals surface area (Å²) < 4.78 is 16.9. The first-order valence-corrected chi connectivity index (χ1v) is 32.3. The molecule has 0 rings (SSSR count). The quantitative estimate of drug-likeness (QED) is 0.0261. The van der Waals surface area contributed by atoms with Gasteiger partial charge in [-0.2, -0.15) is 0 Å². The van der Waals surface area contributed by atoms with Crippen LogP contribution in [0.5, 0.6) is 0 Å². The van der Waals surface area contributed by atoms with Crippen molar-refractivity contribution >= 4 is 17.9 Å². The predicted octanol–water partition coefficient (Wildman–Crippen LogP) is 22.4. The molecule has 0 bridgehead atoms. The third kappa shape index (κ3) is 65.2. The largest absolute Gasteiger partial charge is 0.462 e. The summed E-state index contributed by atoms with van der Waals surface area (Å²) in [5.74, 6) is -1.04. The number of allylic oxidation sites excluding steroid dienone is 30. The highest BCUT2D eigenvalue weighted by Crippen LogP contribution is 2.14. The Morgan fingerprint density at radius 2 is 0.469 bits per heavy atom. The molecule has 0 aliphatic rings. The summed E-state index contributed by atoms with van der Waals surface area (Å²) in [5.41, 5.74) is 0. The second kappa shape index (κ2) is 67.0. The molecule has 6 heteroatoms. The lowest BCUT2D eigenvalue weighted by Gasteiger charge is -2.18. The van der Waals surface area contributed by atoms with Crippen molar-refractivity contribution in [1.29, 1.82) is 0 Å². The first kappa shape index (κ1) is 75.5. The number of unbranched alkanes of at least 4 members (excludes halogenated alkanes) is 15. The molecule has 1 unspecified atom stereocenters. The molecule has 0 saturated carbocycles. The van der Waals surface area contributed by atoms with Crippen molar-refractivity contribution in [3.8, 4) is 0 Å². The van der Waals surface area contributed by atoms with Gasteiger partial charge in [0.15, 0.2) is 6.10 Å². The summed E-state index contributed by atoms with van der Waals surface area (Å²) in [6.45, 7) is 6.21. The van der Waals surface area contributed by atoms with Crippen LogP contribution >= 0.6 is 0 Å². The van der Waals surface area contributed by atoms with Crippen LogP contribution in [0.4, 0.5) is 0 Å². The van der Waals surface area contributed by atoms with Gasteiger partial charge in [0, 0.05) is 19.3 Å². The monoisotopic (exact) mass is 1110 g/mol. The summed E-state index contributed by atoms with van der Waals surface area (Å²) in [7, 11) is 0. The van der Waals surface area contributed by atoms with E-state index in [4.69, 9.17) is 14.2 Å². The average molecular weight is 1110 g/mol. The number of hydrogen-bond donors (Lipinski definition) is 0. The summed E-state index contributed by atoms with van der Waals surface area (Å²) in [6, 6.07) is 0. The van der Waals surface area contributed by atoms with Crippen molar-refractivity contribution in [2.24, 2.45) is 0 Å². The Kier molecular flexibility index (Phi) is 62.5. The summed E-state index contributed by atoms with van der Waals surface area (Å²) in [4.78, 5) is 38.4. The number of carbonyl (C=O) groups is 3. The highest BCUT2D eigenvalue weighted by Gasteiger charge is 2.19. The average Bonchev–Trinajstić information content (AvgIpc) is 3.47. The number of carbonyl (C=O) groups excluding carboxylic acids is 3. The van der Waals surface area contributed by atoms with Gasteiger partial charge in [-0.25, -0.2) is 0 Å². The predicted molar refractivity (Wildman–Crippen MR) is 352 cm³/mol. The van der Waals surface area contributed by atoms with Gasteiger partial charge in [-0.1, -0.05) is 274 Å². The maximum atomic E-state index is 12.9. The van der Waals surface area contributed by atoms with Gasteiger partial charge in [-0.05, 0) is 141 Å². The summed E-state index contributed by atoms with van der Waals surface area (Å²) in [5, 5.41) is 0. The van der Waals surface area contributed by atoms with Gasteiger partial charge in [-0.15, -0.1) is 0 Å². The molecule has 0 saturated heterocycles. The molecular weight excluding hydrogens is 997 g/mol. The SMILES string of the molecule is CC/C=C\C/C=C\C/C=C\C/C=C\C/C=C\C/C=C\CCC(=O)OC(COC(=O)CCCCCCCC/C=C\C/C=C\C/C=C\C/C=C\CC)COC(=O)CCCCCCCCCCC/C=C\C/C=C\C/C=C\C/C=C\C/C=C\CC. The lowest BCUT2D eigenvalue weighted by atomic mass is 10.1. The molecule has 1 atom stereocenters. The third-order valence-corrected chi connectivity index (χ3v) is 12.9. The van der Waals surface area contributed by atoms with E-state index in [2.05, 4.69) is 191 Å². The van der Waals surface area contributed by atoms with E-state index >= 15 is 0 Å². The van der Waals surface area contributed by atoms with Crippen molar-refractivity contribution in [2.75, 3.05) is 13.2 Å². The molecule has 452 valence electrons. The van der Waals surface area contributed by atoms with E-state index in [1.807, 2.05) is 12.2 Å². The molecule has 0 heterocycles. The Morgan fingerprint density at radius 1 is 0.247 bits per heavy atom. The zero-order chi connectivity index (χ0) is 58.5. The van der Waals surface area contributed by atoms with Gasteiger partial charge in [0.25, 0.3) is 0 Å². The normalized spacial score (nSPS) is 13.4. The highest BCUT2D eigenvalue weighted by molar-refractivity contribution is 5.71. The molecular formula is C75H116O6. The minimum atomic E-state index is -0.840. The summed E-state index contributed by atoms with van der Waals surface area (Å²) in [6.07, 6.45) is 100. The van der Waals surface area contributed by atoms with Crippen molar-refractivity contribution in [3.63, 3.8) is 0 Å². The number of hydrogen-bond acceptors (Lipinski definition) is 6. The van der Waals surface area contributed by atoms with Crippen molar-refractivity contribution < 1.29 is 28.6 Å². The summed E-state index contributed by atoms with van der Waals surface area (Å²) >= 11 is 0. The van der Waals surface area contributed by atoms with Gasteiger partial charge >= 0.3 is 17.9 Å². The van der Waals surface area contributed by atoms with Crippen LogP contribution in [0, 0.1) is 0 Å². The second-order valence-corrected chi connectivity index (χ2v) is 20.5. The van der Waals surface area contributed by atoms with E-state index in [1.165, 1.54) is 51.4 Å². The molecule has 0 aromatic rings. The van der Waals surface area contributed by atoms with Crippen LogP contribution in [-0.2, 0) is 28.6 Å². The molecule has 0 fully saturated rings. The molecule has 0 aliphatic carbocycles. The topological polar surface area (TPSA) is 78.9 Å². The van der Waals surface area contributed by atoms with Gasteiger partial charge in [0.05, 0.1) is 0 Å². The fourth-order valence-corrected chi connectivity index (χ4v) is 8.19. The zero-order valence-corrected chi connectivity index (χ0v) is 51.7. The van der Waals surface area contributed by atoms with E-state index < -0.39 is 12.1 Å². The lowest BCUT2D eigenvalue weighted by molar-refractivity contribution is -0.166. The van der Waals surface area contributed by atoms with Crippen molar-refractivity contribution in [2.45, 2.75) is 258 Å². The van der Waals surface area contributed by atoms with E-state index in [0.717, 1.165) is 154 Å². The van der Waals surface area contributed by atoms with Crippen LogP contribution in [0.15, 0.2) is 182 Å². The molecule has 0 spiro atoms. The first-order valence-electron chi connectivity index (χ1n) is 32.3. The smallest absolute Gasteiger partial charge is 0.306 e. The van der Waals surface area contributed by atoms with Crippen LogP contribution < -0.4 is 0 Å². The zero-order valence-electron chi connectivity index (χ0n) is 51.7. The minimum absolute atomic E-state index is 0.125. The molecule has 0 aromatic carbocycles. The van der Waals surface area contributed by atoms with E-state index in [0.29, 0.717) is 19.3 Å². The Balaban J connectivity index is 4.54. The number of esters is 3. The van der Waals surface area contributed by atoms with Gasteiger partial charge in [0.1, 0.15) is 13.2 Å². The van der Waals surface area contributed by atoms with Crippen molar-refractivity contribution in [3.05, 3.63) is 182 Å². The lowest BCUT2D eigenvalue weighted by Crippen LogP contribution is -2.30. The second-order valence-electron chi connectivity index (χ2n) is 20.5. The Hall–Kier alpha value is -5.49.